The van der Waals surface area contributed by atoms with E-state index in [4.69, 9.17) is 0 Å². The summed E-state index contributed by atoms with van der Waals surface area (Å²) in [6, 6.07) is 0. The van der Waals surface area contributed by atoms with Crippen LogP contribution in [0.5, 0.6) is 0 Å². The Morgan fingerprint density at radius 2 is 0.538 bits per heavy atom. The van der Waals surface area contributed by atoms with E-state index in [1.165, 1.54) is 90.6 Å². The molecule has 6 heteroatoms. The molecule has 0 atom stereocenters. The van der Waals surface area contributed by atoms with Crippen LogP contribution in [0.25, 0.3) is 0 Å². The van der Waals surface area contributed by atoms with Crippen molar-refractivity contribution in [1.29, 1.82) is 0 Å². The Morgan fingerprint density at radius 1 is 0.346 bits per heavy atom. The van der Waals surface area contributed by atoms with E-state index in [-0.39, 0.29) is 12.4 Å². The van der Waals surface area contributed by atoms with Crippen molar-refractivity contribution in [3.63, 3.8) is 0 Å². The molecule has 26 heavy (non-hydrogen) atoms. The zero-order valence-electron chi connectivity index (χ0n) is 17.6. The molecule has 0 rings (SSSR count). The second-order valence-corrected chi connectivity index (χ2v) is 6.79. The van der Waals surface area contributed by atoms with E-state index >= 15 is 0 Å². The largest absolute Gasteiger partial charge is 0.317 e. The SMILES string of the molecule is CCNCCCCNCCCCNCCCCNCCCCNCC.Cl. The average molecular weight is 394 g/mol. The molecular weight excluding hydrogens is 346 g/mol. The highest BCUT2D eigenvalue weighted by Gasteiger charge is 1.93. The Bertz CT molecular complexity index is 210. The lowest BCUT2D eigenvalue weighted by atomic mass is 10.2. The third-order valence-electron chi connectivity index (χ3n) is 4.33. The van der Waals surface area contributed by atoms with E-state index in [9.17, 15) is 0 Å². The number of halogens is 1. The van der Waals surface area contributed by atoms with Gasteiger partial charge in [0.05, 0.1) is 0 Å². The number of hydrogen-bond acceptors (Lipinski definition) is 5. The van der Waals surface area contributed by atoms with Gasteiger partial charge in [-0.05, 0) is 117 Å². The summed E-state index contributed by atoms with van der Waals surface area (Å²) in [5.41, 5.74) is 0. The molecule has 160 valence electrons. The Kier molecular flexibility index (Phi) is 29.7. The van der Waals surface area contributed by atoms with Crippen molar-refractivity contribution in [2.24, 2.45) is 0 Å². The smallest absolute Gasteiger partial charge is 0.00484 e. The van der Waals surface area contributed by atoms with Crippen LogP contribution in [0, 0.1) is 0 Å². The zero-order valence-corrected chi connectivity index (χ0v) is 18.5. The van der Waals surface area contributed by atoms with Gasteiger partial charge in [-0.25, -0.2) is 0 Å². The first-order chi connectivity index (χ1) is 12.4. The van der Waals surface area contributed by atoms with Crippen molar-refractivity contribution in [2.75, 3.05) is 65.4 Å². The third kappa shape index (κ3) is 26.3. The number of rotatable bonds is 22. The highest BCUT2D eigenvalue weighted by molar-refractivity contribution is 5.85. The summed E-state index contributed by atoms with van der Waals surface area (Å²) < 4.78 is 0. The minimum Gasteiger partial charge on any atom is -0.317 e. The van der Waals surface area contributed by atoms with Crippen molar-refractivity contribution in [1.82, 2.24) is 26.6 Å². The lowest BCUT2D eigenvalue weighted by molar-refractivity contribution is 0.537. The van der Waals surface area contributed by atoms with E-state index in [1.807, 2.05) is 0 Å². The maximum atomic E-state index is 3.56. The van der Waals surface area contributed by atoms with Gasteiger partial charge >= 0.3 is 0 Å². The first-order valence-corrected chi connectivity index (χ1v) is 10.9. The number of nitrogens with one attached hydrogen (secondary N) is 5. The fourth-order valence-electron chi connectivity index (χ4n) is 2.73. The summed E-state index contributed by atoms with van der Waals surface area (Å²) in [6.07, 6.45) is 10.3. The van der Waals surface area contributed by atoms with Crippen LogP contribution in [0.3, 0.4) is 0 Å². The molecule has 0 aliphatic carbocycles. The quantitative estimate of drug-likeness (QED) is 0.183. The second-order valence-electron chi connectivity index (χ2n) is 6.79. The summed E-state index contributed by atoms with van der Waals surface area (Å²) in [4.78, 5) is 0. The third-order valence-corrected chi connectivity index (χ3v) is 4.33. The van der Waals surface area contributed by atoms with Crippen LogP contribution in [0.1, 0.15) is 65.2 Å². The molecule has 0 saturated carbocycles. The predicted molar refractivity (Wildman–Crippen MR) is 120 cm³/mol. The van der Waals surface area contributed by atoms with Gasteiger partial charge in [0, 0.05) is 0 Å². The van der Waals surface area contributed by atoms with Crippen LogP contribution in [0.15, 0.2) is 0 Å². The average Bonchev–Trinajstić information content (AvgIpc) is 2.63. The van der Waals surface area contributed by atoms with Gasteiger partial charge in [-0.15, -0.1) is 12.4 Å². The molecule has 0 amide bonds. The Hall–Kier alpha value is 0.0900. The molecule has 0 aliphatic rings. The Morgan fingerprint density at radius 3 is 0.731 bits per heavy atom. The van der Waals surface area contributed by atoms with Crippen LogP contribution < -0.4 is 26.6 Å². The van der Waals surface area contributed by atoms with Gasteiger partial charge < -0.3 is 26.6 Å². The summed E-state index contributed by atoms with van der Waals surface area (Å²) in [7, 11) is 0. The van der Waals surface area contributed by atoms with Gasteiger partial charge in [0.2, 0.25) is 0 Å². The van der Waals surface area contributed by atoms with Crippen LogP contribution in [0.4, 0.5) is 0 Å². The zero-order chi connectivity index (χ0) is 18.3. The van der Waals surface area contributed by atoms with E-state index in [1.54, 1.807) is 0 Å². The summed E-state index contributed by atoms with van der Waals surface area (Å²) in [5.74, 6) is 0. The summed E-state index contributed by atoms with van der Waals surface area (Å²) in [6.45, 7) is 15.8. The van der Waals surface area contributed by atoms with Gasteiger partial charge in [-0.2, -0.15) is 0 Å². The lowest BCUT2D eigenvalue weighted by Crippen LogP contribution is -2.22. The number of unbranched alkanes of at least 4 members (excludes halogenated alkanes) is 4. The van der Waals surface area contributed by atoms with Gasteiger partial charge in [-0.1, -0.05) is 13.8 Å². The van der Waals surface area contributed by atoms with E-state index in [2.05, 4.69) is 40.4 Å². The van der Waals surface area contributed by atoms with Gasteiger partial charge in [0.15, 0.2) is 0 Å². The fraction of sp³-hybridized carbons (Fsp3) is 1.00. The fourth-order valence-corrected chi connectivity index (χ4v) is 2.73. The Labute approximate surface area is 170 Å². The lowest BCUT2D eigenvalue weighted by Gasteiger charge is -2.07. The molecule has 0 bridgehead atoms. The van der Waals surface area contributed by atoms with Gasteiger partial charge in [-0.3, -0.25) is 0 Å². The minimum absolute atomic E-state index is 0. The van der Waals surface area contributed by atoms with E-state index in [0.29, 0.717) is 0 Å². The molecule has 0 spiro atoms. The molecule has 0 heterocycles. The molecule has 0 aliphatic heterocycles. The molecular formula is C20H48ClN5. The highest BCUT2D eigenvalue weighted by Crippen LogP contribution is 1.90. The minimum atomic E-state index is 0. The second kappa shape index (κ2) is 27.3. The maximum absolute atomic E-state index is 3.56. The molecule has 0 aromatic rings. The monoisotopic (exact) mass is 393 g/mol. The van der Waals surface area contributed by atoms with Gasteiger partial charge in [0.25, 0.3) is 0 Å². The van der Waals surface area contributed by atoms with Crippen LogP contribution in [-0.2, 0) is 0 Å². The first-order valence-electron chi connectivity index (χ1n) is 10.9. The molecule has 0 aromatic heterocycles. The van der Waals surface area contributed by atoms with Crippen molar-refractivity contribution >= 4 is 12.4 Å². The Balaban J connectivity index is 0. The first kappa shape index (κ1) is 28.3. The molecule has 0 unspecified atom stereocenters. The topological polar surface area (TPSA) is 60.1 Å². The maximum Gasteiger partial charge on any atom is -0.00484 e. The van der Waals surface area contributed by atoms with Crippen LogP contribution >= 0.6 is 12.4 Å². The molecule has 5 N–H and O–H groups in total. The molecule has 5 nitrogen and oxygen atoms in total. The van der Waals surface area contributed by atoms with Crippen molar-refractivity contribution in [2.45, 2.75) is 65.2 Å². The molecule has 0 saturated heterocycles. The van der Waals surface area contributed by atoms with Crippen molar-refractivity contribution in [3.05, 3.63) is 0 Å². The van der Waals surface area contributed by atoms with Crippen LogP contribution in [0.2, 0.25) is 0 Å². The molecule has 0 radical (unpaired) electrons. The predicted octanol–water partition coefficient (Wildman–Crippen LogP) is 2.52. The van der Waals surface area contributed by atoms with E-state index < -0.39 is 0 Å². The van der Waals surface area contributed by atoms with Crippen molar-refractivity contribution in [3.8, 4) is 0 Å². The highest BCUT2D eigenvalue weighted by atomic mass is 35.5. The normalized spacial score (nSPS) is 10.8. The van der Waals surface area contributed by atoms with Crippen LogP contribution in [-0.4, -0.2) is 65.4 Å². The van der Waals surface area contributed by atoms with Gasteiger partial charge in [0.1, 0.15) is 0 Å². The molecule has 0 aromatic carbocycles. The summed E-state index contributed by atoms with van der Waals surface area (Å²) in [5, 5.41) is 17.4. The number of hydrogen-bond donors (Lipinski definition) is 5. The van der Waals surface area contributed by atoms with Crippen molar-refractivity contribution < 1.29 is 0 Å². The van der Waals surface area contributed by atoms with E-state index in [0.717, 1.165) is 26.2 Å². The standard InChI is InChI=1S/C20H47N5.ClH/c1-3-21-13-5-7-15-23-17-9-11-19-25-20-12-10-18-24-16-8-6-14-22-4-2;/h21-25H,3-20H2,1-2H3;1H. The summed E-state index contributed by atoms with van der Waals surface area (Å²) >= 11 is 0. The molecule has 0 fully saturated rings.